The number of benzene rings is 3. The number of ether oxygens (including phenoxy) is 2. The molecule has 0 aliphatic rings. The number of methoxy groups -OCH3 is 1. The Morgan fingerprint density at radius 3 is 2.53 bits per heavy atom. The molecule has 0 bridgehead atoms. The van der Waals surface area contributed by atoms with E-state index in [0.717, 1.165) is 11.1 Å². The van der Waals surface area contributed by atoms with E-state index in [9.17, 15) is 14.4 Å². The van der Waals surface area contributed by atoms with Crippen molar-refractivity contribution in [3.63, 3.8) is 0 Å². The molecule has 0 spiro atoms. The van der Waals surface area contributed by atoms with Gasteiger partial charge in [-0.25, -0.2) is 14.4 Å². The SMILES string of the molecule is COC(=O)/C=C/c1cccc(Oc2ccc(Nc3nc(=O)[nH]c(=O)n3Cc3ccc(Cl)cc3)cc2)c1. The van der Waals surface area contributed by atoms with E-state index < -0.39 is 17.3 Å². The molecule has 1 heterocycles. The van der Waals surface area contributed by atoms with Gasteiger partial charge in [0.15, 0.2) is 0 Å². The molecule has 9 nitrogen and oxygen atoms in total. The van der Waals surface area contributed by atoms with Gasteiger partial charge in [-0.05, 0) is 65.7 Å². The number of aromatic nitrogens is 3. The maximum atomic E-state index is 12.5. The van der Waals surface area contributed by atoms with Crippen LogP contribution in [0.15, 0.2) is 88.5 Å². The summed E-state index contributed by atoms with van der Waals surface area (Å²) in [7, 11) is 1.31. The van der Waals surface area contributed by atoms with Crippen LogP contribution in [0, 0.1) is 0 Å². The Balaban J connectivity index is 1.50. The van der Waals surface area contributed by atoms with Crippen LogP contribution in [0.1, 0.15) is 11.1 Å². The molecule has 0 aliphatic heterocycles. The fraction of sp³-hybridized carbons (Fsp3) is 0.0769. The first kappa shape index (κ1) is 24.5. The molecular weight excluding hydrogens is 484 g/mol. The predicted molar refractivity (Wildman–Crippen MR) is 137 cm³/mol. The molecule has 4 rings (SSSR count). The van der Waals surface area contributed by atoms with Crippen LogP contribution >= 0.6 is 11.6 Å². The summed E-state index contributed by atoms with van der Waals surface area (Å²) in [6.07, 6.45) is 2.96. The van der Waals surface area contributed by atoms with Gasteiger partial charge in [0.1, 0.15) is 11.5 Å². The van der Waals surface area contributed by atoms with Crippen molar-refractivity contribution in [1.29, 1.82) is 0 Å². The molecule has 3 aromatic carbocycles. The van der Waals surface area contributed by atoms with Crippen molar-refractivity contribution in [3.05, 3.63) is 116 Å². The molecule has 182 valence electrons. The standard InChI is InChI=1S/C26H21ClN4O5/c1-35-23(32)14-7-17-3-2-4-22(15-17)36-21-12-10-20(11-13-21)28-24-29-25(33)30-26(34)31(24)16-18-5-8-19(27)9-6-18/h2-15H,16H2,1H3,(H2,28,29,30,33,34)/b14-7+. The van der Waals surface area contributed by atoms with Gasteiger partial charge in [-0.3, -0.25) is 9.55 Å². The zero-order chi connectivity index (χ0) is 25.5. The number of carbonyl (C=O) groups is 1. The Bertz CT molecular complexity index is 1510. The zero-order valence-electron chi connectivity index (χ0n) is 19.1. The summed E-state index contributed by atoms with van der Waals surface area (Å²) in [6, 6.07) is 21.1. The van der Waals surface area contributed by atoms with E-state index in [1.807, 2.05) is 6.07 Å². The molecule has 2 N–H and O–H groups in total. The number of aromatic amines is 1. The average Bonchev–Trinajstić information content (AvgIpc) is 2.87. The fourth-order valence-corrected chi connectivity index (χ4v) is 3.37. The van der Waals surface area contributed by atoms with Gasteiger partial charge in [0.2, 0.25) is 5.95 Å². The molecule has 4 aromatic rings. The van der Waals surface area contributed by atoms with Crippen LogP contribution < -0.4 is 21.4 Å². The van der Waals surface area contributed by atoms with E-state index in [2.05, 4.69) is 20.0 Å². The first-order chi connectivity index (χ1) is 17.4. The summed E-state index contributed by atoms with van der Waals surface area (Å²) < 4.78 is 11.8. The van der Waals surface area contributed by atoms with Crippen LogP contribution in [0.25, 0.3) is 6.08 Å². The van der Waals surface area contributed by atoms with Crippen molar-refractivity contribution in [3.8, 4) is 11.5 Å². The summed E-state index contributed by atoms with van der Waals surface area (Å²) in [4.78, 5) is 41.7. The van der Waals surface area contributed by atoms with E-state index in [4.69, 9.17) is 16.3 Å². The van der Waals surface area contributed by atoms with Crippen LogP contribution in [0.2, 0.25) is 5.02 Å². The molecule has 0 atom stereocenters. The molecular formula is C26H21ClN4O5. The van der Waals surface area contributed by atoms with Crippen LogP contribution in [0.3, 0.4) is 0 Å². The number of H-pyrrole nitrogens is 1. The molecule has 0 fully saturated rings. The van der Waals surface area contributed by atoms with Gasteiger partial charge in [0, 0.05) is 16.8 Å². The largest absolute Gasteiger partial charge is 0.466 e. The smallest absolute Gasteiger partial charge is 0.352 e. The van der Waals surface area contributed by atoms with E-state index in [1.54, 1.807) is 72.8 Å². The van der Waals surface area contributed by atoms with Gasteiger partial charge in [0.25, 0.3) is 0 Å². The first-order valence-corrected chi connectivity index (χ1v) is 11.1. The molecule has 0 radical (unpaired) electrons. The number of esters is 1. The second kappa shape index (κ2) is 11.2. The number of halogens is 1. The molecule has 0 unspecified atom stereocenters. The maximum absolute atomic E-state index is 12.5. The Hall–Kier alpha value is -4.63. The fourth-order valence-electron chi connectivity index (χ4n) is 3.24. The Morgan fingerprint density at radius 2 is 1.81 bits per heavy atom. The summed E-state index contributed by atoms with van der Waals surface area (Å²) in [5.74, 6) is 0.790. The highest BCUT2D eigenvalue weighted by Crippen LogP contribution is 2.25. The van der Waals surface area contributed by atoms with Gasteiger partial charge >= 0.3 is 17.3 Å². The third-order valence-corrected chi connectivity index (χ3v) is 5.25. The lowest BCUT2D eigenvalue weighted by Crippen LogP contribution is -2.34. The first-order valence-electron chi connectivity index (χ1n) is 10.8. The van der Waals surface area contributed by atoms with E-state index in [0.29, 0.717) is 22.2 Å². The molecule has 0 saturated carbocycles. The lowest BCUT2D eigenvalue weighted by molar-refractivity contribution is -0.134. The molecule has 0 saturated heterocycles. The minimum atomic E-state index is -0.754. The number of carbonyl (C=O) groups excluding carboxylic acids is 1. The summed E-state index contributed by atoms with van der Waals surface area (Å²) in [5, 5.41) is 3.60. The Labute approximate surface area is 210 Å². The Morgan fingerprint density at radius 1 is 1.06 bits per heavy atom. The van der Waals surface area contributed by atoms with Gasteiger partial charge in [0.05, 0.1) is 13.7 Å². The molecule has 0 amide bonds. The van der Waals surface area contributed by atoms with Gasteiger partial charge in [-0.2, -0.15) is 4.98 Å². The van der Waals surface area contributed by atoms with Crippen molar-refractivity contribution in [2.45, 2.75) is 6.54 Å². The minimum absolute atomic E-state index is 0.0949. The summed E-state index contributed by atoms with van der Waals surface area (Å²) >= 11 is 5.94. The number of rotatable bonds is 8. The van der Waals surface area contributed by atoms with Crippen LogP contribution in [-0.4, -0.2) is 27.6 Å². The van der Waals surface area contributed by atoms with Crippen LogP contribution in [0.4, 0.5) is 11.6 Å². The highest BCUT2D eigenvalue weighted by atomic mass is 35.5. The Kier molecular flexibility index (Phi) is 7.62. The van der Waals surface area contributed by atoms with Gasteiger partial charge in [-0.1, -0.05) is 35.9 Å². The topological polar surface area (TPSA) is 115 Å². The summed E-state index contributed by atoms with van der Waals surface area (Å²) in [5.41, 5.74) is 0.838. The third-order valence-electron chi connectivity index (χ3n) is 4.99. The lowest BCUT2D eigenvalue weighted by atomic mass is 10.2. The molecule has 0 aliphatic carbocycles. The van der Waals surface area contributed by atoms with Crippen molar-refractivity contribution in [2.75, 3.05) is 12.4 Å². The predicted octanol–water partition coefficient (Wildman–Crippen LogP) is 4.36. The average molecular weight is 505 g/mol. The monoisotopic (exact) mass is 504 g/mol. The van der Waals surface area contributed by atoms with Crippen molar-refractivity contribution < 1.29 is 14.3 Å². The number of anilines is 2. The van der Waals surface area contributed by atoms with E-state index in [1.165, 1.54) is 17.8 Å². The summed E-state index contributed by atoms with van der Waals surface area (Å²) in [6.45, 7) is 0.185. The zero-order valence-corrected chi connectivity index (χ0v) is 19.9. The number of hydrogen-bond acceptors (Lipinski definition) is 7. The molecule has 36 heavy (non-hydrogen) atoms. The lowest BCUT2D eigenvalue weighted by Gasteiger charge is -2.13. The van der Waals surface area contributed by atoms with E-state index in [-0.39, 0.29) is 12.5 Å². The number of nitrogens with one attached hydrogen (secondary N) is 2. The molecule has 10 heteroatoms. The van der Waals surface area contributed by atoms with Crippen molar-refractivity contribution in [2.24, 2.45) is 0 Å². The third kappa shape index (κ3) is 6.49. The van der Waals surface area contributed by atoms with Gasteiger partial charge in [-0.15, -0.1) is 0 Å². The van der Waals surface area contributed by atoms with Crippen LogP contribution in [-0.2, 0) is 16.1 Å². The highest BCUT2D eigenvalue weighted by molar-refractivity contribution is 6.30. The molecule has 1 aromatic heterocycles. The minimum Gasteiger partial charge on any atom is -0.466 e. The van der Waals surface area contributed by atoms with Crippen molar-refractivity contribution in [1.82, 2.24) is 14.5 Å². The van der Waals surface area contributed by atoms with Gasteiger partial charge < -0.3 is 14.8 Å². The highest BCUT2D eigenvalue weighted by Gasteiger charge is 2.10. The van der Waals surface area contributed by atoms with Crippen LogP contribution in [0.5, 0.6) is 11.5 Å². The number of nitrogens with zero attached hydrogens (tertiary/aromatic N) is 2. The quantitative estimate of drug-likeness (QED) is 0.270. The second-order valence-electron chi connectivity index (χ2n) is 7.56. The second-order valence-corrected chi connectivity index (χ2v) is 8.00. The number of hydrogen-bond donors (Lipinski definition) is 2. The normalized spacial score (nSPS) is 10.8. The maximum Gasteiger partial charge on any atom is 0.352 e. The van der Waals surface area contributed by atoms with E-state index >= 15 is 0 Å². The van der Waals surface area contributed by atoms with Crippen molar-refractivity contribution >= 4 is 35.3 Å².